The van der Waals surface area contributed by atoms with Gasteiger partial charge in [0.1, 0.15) is 5.75 Å². The summed E-state index contributed by atoms with van der Waals surface area (Å²) in [4.78, 5) is 0. The maximum Gasteiger partial charge on any atom is 0.319 e. The van der Waals surface area contributed by atoms with E-state index in [4.69, 9.17) is 9.08 Å². The third kappa shape index (κ3) is 5.61. The minimum absolute atomic E-state index is 0.0805. The lowest BCUT2D eigenvalue weighted by molar-refractivity contribution is 0.508. The Balaban J connectivity index is 1.80. The summed E-state index contributed by atoms with van der Waals surface area (Å²) >= 11 is 0. The summed E-state index contributed by atoms with van der Waals surface area (Å²) in [6.45, 7) is 13.7. The smallest absolute Gasteiger partial charge is 0.319 e. The van der Waals surface area contributed by atoms with E-state index in [1.165, 1.54) is 10.4 Å². The van der Waals surface area contributed by atoms with Gasteiger partial charge in [0.05, 0.1) is 5.71 Å². The van der Waals surface area contributed by atoms with Crippen LogP contribution in [0.5, 0.6) is 5.75 Å². The molecule has 0 atom stereocenters. The Labute approximate surface area is 218 Å². The van der Waals surface area contributed by atoms with Crippen molar-refractivity contribution in [2.24, 2.45) is 4.66 Å². The fraction of sp³-hybridized carbons (Fsp3) is 0.219. The maximum absolute atomic E-state index is 7.19. The molecule has 0 aliphatic carbocycles. The first-order valence-electron chi connectivity index (χ1n) is 12.7. The van der Waals surface area contributed by atoms with Crippen LogP contribution in [0, 0.1) is 0 Å². The molecule has 184 valence electrons. The molecule has 0 heterocycles. The van der Waals surface area contributed by atoms with Gasteiger partial charge in [-0.15, -0.1) is 0 Å². The van der Waals surface area contributed by atoms with Gasteiger partial charge in [-0.05, 0) is 70.4 Å². The van der Waals surface area contributed by atoms with Crippen molar-refractivity contribution in [3.63, 3.8) is 0 Å². The minimum atomic E-state index is -2.66. The van der Waals surface area contributed by atoms with Crippen LogP contribution in [-0.4, -0.2) is 22.3 Å². The van der Waals surface area contributed by atoms with E-state index in [9.17, 15) is 0 Å². The van der Waals surface area contributed by atoms with Crippen LogP contribution in [0.1, 0.15) is 31.9 Å². The van der Waals surface area contributed by atoms with Gasteiger partial charge < -0.3 is 9.08 Å². The van der Waals surface area contributed by atoms with Crippen molar-refractivity contribution in [1.82, 2.24) is 0 Å². The Morgan fingerprint density at radius 2 is 1.00 bits per heavy atom. The van der Waals surface area contributed by atoms with Crippen LogP contribution < -0.4 is 14.8 Å². The zero-order valence-corrected chi connectivity index (χ0v) is 24.3. The minimum Gasteiger partial charge on any atom is -0.534 e. The lowest BCUT2D eigenvalue weighted by atomic mass is 10.0. The number of nitrogens with zero attached hydrogens (tertiary/aromatic N) is 1. The van der Waals surface area contributed by atoms with E-state index in [0.29, 0.717) is 0 Å². The summed E-state index contributed by atoms with van der Waals surface area (Å²) < 4.78 is 12.4. The SMILES string of the molecule is CC(C)(C)[Si](Oc1ccc(C(=N[Si](C)(C)C)c2ccccc2)cc1)(c1ccccc1)c1ccccc1. The Morgan fingerprint density at radius 1 is 0.583 bits per heavy atom. The van der Waals surface area contributed by atoms with Gasteiger partial charge in [0.15, 0.2) is 8.24 Å². The van der Waals surface area contributed by atoms with Crippen LogP contribution in [0.25, 0.3) is 0 Å². The second-order valence-corrected chi connectivity index (χ2v) is 20.1. The second kappa shape index (κ2) is 10.4. The van der Waals surface area contributed by atoms with E-state index >= 15 is 0 Å². The zero-order valence-electron chi connectivity index (χ0n) is 22.3. The van der Waals surface area contributed by atoms with E-state index in [0.717, 1.165) is 22.6 Å². The fourth-order valence-corrected chi connectivity index (χ4v) is 10.1. The molecule has 0 radical (unpaired) electrons. The van der Waals surface area contributed by atoms with Crippen LogP contribution in [0.2, 0.25) is 24.7 Å². The summed E-state index contributed by atoms with van der Waals surface area (Å²) in [5.41, 5.74) is 3.34. The van der Waals surface area contributed by atoms with E-state index in [-0.39, 0.29) is 5.04 Å². The molecular weight excluding hydrogens is 471 g/mol. The van der Waals surface area contributed by atoms with Crippen molar-refractivity contribution in [1.29, 1.82) is 0 Å². The van der Waals surface area contributed by atoms with Crippen LogP contribution in [0.15, 0.2) is 120 Å². The van der Waals surface area contributed by atoms with Crippen molar-refractivity contribution in [2.45, 2.75) is 45.5 Å². The van der Waals surface area contributed by atoms with Gasteiger partial charge in [-0.1, -0.05) is 112 Å². The molecule has 0 amide bonds. The van der Waals surface area contributed by atoms with Gasteiger partial charge in [0.25, 0.3) is 0 Å². The highest BCUT2D eigenvalue weighted by atomic mass is 28.4. The molecule has 0 saturated carbocycles. The Morgan fingerprint density at radius 3 is 1.42 bits per heavy atom. The van der Waals surface area contributed by atoms with Gasteiger partial charge in [-0.2, -0.15) is 0 Å². The predicted molar refractivity (Wildman–Crippen MR) is 160 cm³/mol. The average Bonchev–Trinajstić information content (AvgIpc) is 2.87. The highest BCUT2D eigenvalue weighted by Crippen LogP contribution is 2.37. The molecule has 0 aliphatic heterocycles. The first-order valence-corrected chi connectivity index (χ1v) is 18.0. The summed E-state index contributed by atoms with van der Waals surface area (Å²) in [5, 5.41) is 2.47. The van der Waals surface area contributed by atoms with Gasteiger partial charge >= 0.3 is 8.32 Å². The van der Waals surface area contributed by atoms with E-state index in [2.05, 4.69) is 156 Å². The molecule has 0 aromatic heterocycles. The largest absolute Gasteiger partial charge is 0.534 e. The summed E-state index contributed by atoms with van der Waals surface area (Å²) in [5.74, 6) is 0.897. The van der Waals surface area contributed by atoms with E-state index < -0.39 is 16.6 Å². The van der Waals surface area contributed by atoms with Gasteiger partial charge in [-0.3, -0.25) is 0 Å². The molecule has 0 N–H and O–H groups in total. The number of rotatable bonds is 7. The van der Waals surface area contributed by atoms with E-state index in [1.54, 1.807) is 0 Å². The lowest BCUT2D eigenvalue weighted by Gasteiger charge is -2.43. The average molecular weight is 508 g/mol. The van der Waals surface area contributed by atoms with Crippen molar-refractivity contribution in [3.8, 4) is 5.75 Å². The van der Waals surface area contributed by atoms with Crippen LogP contribution in [-0.2, 0) is 0 Å². The van der Waals surface area contributed by atoms with Crippen molar-refractivity contribution in [2.75, 3.05) is 0 Å². The molecule has 0 aliphatic rings. The van der Waals surface area contributed by atoms with Gasteiger partial charge in [0, 0.05) is 0 Å². The zero-order chi connectivity index (χ0) is 25.8. The summed E-state index contributed by atoms with van der Waals surface area (Å²) in [7, 11) is -4.35. The Hall–Kier alpha value is -3.22. The number of hydrogen-bond acceptors (Lipinski definition) is 2. The molecule has 4 aromatic rings. The molecule has 4 heteroatoms. The fourth-order valence-electron chi connectivity index (χ4n) is 4.73. The summed E-state index contributed by atoms with van der Waals surface area (Å²) in [6.07, 6.45) is 0. The molecule has 36 heavy (non-hydrogen) atoms. The third-order valence-electron chi connectivity index (χ3n) is 6.31. The number of hydrogen-bond donors (Lipinski definition) is 0. The highest BCUT2D eigenvalue weighted by molar-refractivity contribution is 7.00. The summed E-state index contributed by atoms with van der Waals surface area (Å²) in [6, 6.07) is 40.6. The first kappa shape index (κ1) is 25.9. The first-order chi connectivity index (χ1) is 17.1. The van der Waals surface area contributed by atoms with Crippen LogP contribution in [0.4, 0.5) is 0 Å². The second-order valence-electron chi connectivity index (χ2n) is 11.3. The van der Waals surface area contributed by atoms with Crippen molar-refractivity contribution in [3.05, 3.63) is 126 Å². The number of benzene rings is 4. The Kier molecular flexibility index (Phi) is 7.48. The third-order valence-corrected chi connectivity index (χ3v) is 12.2. The highest BCUT2D eigenvalue weighted by Gasteiger charge is 2.52. The molecule has 4 aromatic carbocycles. The van der Waals surface area contributed by atoms with Gasteiger partial charge in [0.2, 0.25) is 0 Å². The van der Waals surface area contributed by atoms with Gasteiger partial charge in [-0.25, -0.2) is 0 Å². The molecule has 2 nitrogen and oxygen atoms in total. The van der Waals surface area contributed by atoms with Crippen LogP contribution >= 0.6 is 0 Å². The molecule has 0 saturated heterocycles. The monoisotopic (exact) mass is 507 g/mol. The maximum atomic E-state index is 7.19. The predicted octanol–water partition coefficient (Wildman–Crippen LogP) is 7.30. The molecule has 0 bridgehead atoms. The molecule has 0 fully saturated rings. The van der Waals surface area contributed by atoms with Crippen molar-refractivity contribution < 1.29 is 4.43 Å². The standard InChI is InChI=1S/C32H37NOSi2/c1-32(2,3)36(29-18-12-8-13-19-29,30-20-14-9-15-21-30)34-28-24-22-27(23-25-28)31(33-35(4,5)6)26-16-10-7-11-17-26/h7-25H,1-6H3. The van der Waals surface area contributed by atoms with Crippen molar-refractivity contribution >= 4 is 32.6 Å². The Bertz CT molecular complexity index is 1250. The quantitative estimate of drug-likeness (QED) is 0.190. The molecule has 4 rings (SSSR count). The molecular formula is C32H37NOSi2. The van der Waals surface area contributed by atoms with Crippen LogP contribution in [0.3, 0.4) is 0 Å². The topological polar surface area (TPSA) is 21.6 Å². The van der Waals surface area contributed by atoms with E-state index in [1.807, 2.05) is 0 Å². The normalized spacial score (nSPS) is 12.9. The lowest BCUT2D eigenvalue weighted by Crippen LogP contribution is -2.68. The molecule has 0 unspecified atom stereocenters. The molecule has 0 spiro atoms.